The smallest absolute Gasteiger partial charge is 0.142 e. The number of halogens is 2. The molecular weight excluding hydrogens is 177 g/mol. The van der Waals surface area contributed by atoms with Crippen LogP contribution in [0.5, 0.6) is 0 Å². The van der Waals surface area contributed by atoms with E-state index in [2.05, 4.69) is 5.92 Å². The number of nitrogens with two attached hydrogens (primary N) is 1. The standard InChI is InChI=1S/C9H7ClFN/c1-2-8(12)6-4-3-5-7(11)9(6)10/h1,3-5,8H,12H2. The van der Waals surface area contributed by atoms with Gasteiger partial charge in [-0.05, 0) is 6.07 Å². The Labute approximate surface area is 75.3 Å². The Morgan fingerprint density at radius 1 is 1.58 bits per heavy atom. The molecule has 62 valence electrons. The number of benzene rings is 1. The van der Waals surface area contributed by atoms with E-state index in [9.17, 15) is 4.39 Å². The summed E-state index contributed by atoms with van der Waals surface area (Å²) < 4.78 is 12.8. The van der Waals surface area contributed by atoms with Crippen molar-refractivity contribution in [1.29, 1.82) is 0 Å². The van der Waals surface area contributed by atoms with Gasteiger partial charge in [0.25, 0.3) is 0 Å². The SMILES string of the molecule is C#CC(N)c1cccc(F)c1Cl. The second-order valence-electron chi connectivity index (χ2n) is 2.29. The van der Waals surface area contributed by atoms with Gasteiger partial charge in [-0.1, -0.05) is 29.7 Å². The second kappa shape index (κ2) is 3.57. The van der Waals surface area contributed by atoms with Crippen molar-refractivity contribution in [2.45, 2.75) is 6.04 Å². The van der Waals surface area contributed by atoms with Crippen molar-refractivity contribution in [2.75, 3.05) is 0 Å². The Balaban J connectivity index is 3.18. The highest BCUT2D eigenvalue weighted by Gasteiger charge is 2.09. The minimum absolute atomic E-state index is 0.00273. The number of terminal acetylenes is 1. The third kappa shape index (κ3) is 1.58. The molecule has 0 spiro atoms. The number of hydrogen-bond acceptors (Lipinski definition) is 1. The Kier molecular flexibility index (Phi) is 2.69. The van der Waals surface area contributed by atoms with Gasteiger partial charge in [0.2, 0.25) is 0 Å². The van der Waals surface area contributed by atoms with Gasteiger partial charge in [0.15, 0.2) is 0 Å². The molecule has 0 aliphatic heterocycles. The van der Waals surface area contributed by atoms with Crippen molar-refractivity contribution >= 4 is 11.6 Å². The highest BCUT2D eigenvalue weighted by molar-refractivity contribution is 6.31. The molecule has 1 aromatic carbocycles. The van der Waals surface area contributed by atoms with Gasteiger partial charge >= 0.3 is 0 Å². The van der Waals surface area contributed by atoms with E-state index >= 15 is 0 Å². The molecule has 0 fully saturated rings. The van der Waals surface area contributed by atoms with Gasteiger partial charge in [-0.25, -0.2) is 4.39 Å². The molecule has 0 aliphatic rings. The topological polar surface area (TPSA) is 26.0 Å². The summed E-state index contributed by atoms with van der Waals surface area (Å²) >= 11 is 5.62. The monoisotopic (exact) mass is 183 g/mol. The number of rotatable bonds is 1. The van der Waals surface area contributed by atoms with E-state index in [1.54, 1.807) is 6.07 Å². The largest absolute Gasteiger partial charge is 0.314 e. The first-order chi connectivity index (χ1) is 5.66. The summed E-state index contributed by atoms with van der Waals surface area (Å²) in [5.74, 6) is 1.78. The van der Waals surface area contributed by atoms with Gasteiger partial charge in [0.05, 0.1) is 11.1 Å². The summed E-state index contributed by atoms with van der Waals surface area (Å²) in [6.07, 6.45) is 5.07. The molecule has 2 N–H and O–H groups in total. The van der Waals surface area contributed by atoms with Crippen LogP contribution in [0, 0.1) is 18.2 Å². The summed E-state index contributed by atoms with van der Waals surface area (Å²) in [5, 5.41) is 0.00273. The molecule has 0 heterocycles. The first-order valence-electron chi connectivity index (χ1n) is 3.32. The molecule has 1 atom stereocenters. The van der Waals surface area contributed by atoms with E-state index in [4.69, 9.17) is 23.8 Å². The van der Waals surface area contributed by atoms with Crippen LogP contribution in [0.25, 0.3) is 0 Å². The van der Waals surface area contributed by atoms with Crippen LogP contribution in [-0.4, -0.2) is 0 Å². The average Bonchev–Trinajstić information content (AvgIpc) is 2.08. The van der Waals surface area contributed by atoms with Crippen LogP contribution in [0.15, 0.2) is 18.2 Å². The Bertz CT molecular complexity index is 330. The lowest BCUT2D eigenvalue weighted by Gasteiger charge is -2.06. The lowest BCUT2D eigenvalue weighted by atomic mass is 10.1. The maximum atomic E-state index is 12.8. The van der Waals surface area contributed by atoms with Crippen molar-refractivity contribution in [3.8, 4) is 12.3 Å². The van der Waals surface area contributed by atoms with E-state index in [0.29, 0.717) is 5.56 Å². The fourth-order valence-corrected chi connectivity index (χ4v) is 1.09. The van der Waals surface area contributed by atoms with Gasteiger partial charge in [0.1, 0.15) is 5.82 Å². The molecule has 1 aromatic rings. The van der Waals surface area contributed by atoms with E-state index < -0.39 is 11.9 Å². The Hall–Kier alpha value is -1.04. The summed E-state index contributed by atoms with van der Waals surface area (Å²) in [6, 6.07) is 3.74. The van der Waals surface area contributed by atoms with Crippen LogP contribution in [-0.2, 0) is 0 Å². The molecule has 3 heteroatoms. The molecule has 0 aromatic heterocycles. The van der Waals surface area contributed by atoms with Crippen molar-refractivity contribution < 1.29 is 4.39 Å². The molecule has 1 unspecified atom stereocenters. The minimum atomic E-state index is -0.645. The van der Waals surface area contributed by atoms with Crippen LogP contribution < -0.4 is 5.73 Å². The van der Waals surface area contributed by atoms with Crippen LogP contribution >= 0.6 is 11.6 Å². The van der Waals surface area contributed by atoms with Crippen molar-refractivity contribution in [3.05, 3.63) is 34.6 Å². The average molecular weight is 184 g/mol. The van der Waals surface area contributed by atoms with Crippen LogP contribution in [0.1, 0.15) is 11.6 Å². The zero-order valence-electron chi connectivity index (χ0n) is 6.22. The molecule has 0 amide bonds. The normalized spacial score (nSPS) is 12.2. The molecule has 0 saturated carbocycles. The van der Waals surface area contributed by atoms with E-state index in [1.807, 2.05) is 0 Å². The predicted molar refractivity (Wildman–Crippen MR) is 47.2 cm³/mol. The quantitative estimate of drug-likeness (QED) is 0.664. The van der Waals surface area contributed by atoms with Crippen molar-refractivity contribution in [3.63, 3.8) is 0 Å². The fraction of sp³-hybridized carbons (Fsp3) is 0.111. The molecule has 0 saturated heterocycles. The summed E-state index contributed by atoms with van der Waals surface area (Å²) in [5.41, 5.74) is 5.92. The molecule has 1 nitrogen and oxygen atoms in total. The van der Waals surface area contributed by atoms with Crippen LogP contribution in [0.3, 0.4) is 0 Å². The molecular formula is C9H7ClFN. The lowest BCUT2D eigenvalue weighted by molar-refractivity contribution is 0.625. The maximum absolute atomic E-state index is 12.8. The van der Waals surface area contributed by atoms with Gasteiger partial charge in [-0.2, -0.15) is 0 Å². The summed E-state index contributed by atoms with van der Waals surface area (Å²) in [7, 11) is 0. The molecule has 0 radical (unpaired) electrons. The summed E-state index contributed by atoms with van der Waals surface area (Å²) in [4.78, 5) is 0. The number of hydrogen-bond donors (Lipinski definition) is 1. The third-order valence-electron chi connectivity index (χ3n) is 1.50. The van der Waals surface area contributed by atoms with Crippen molar-refractivity contribution in [2.24, 2.45) is 5.73 Å². The van der Waals surface area contributed by atoms with E-state index in [-0.39, 0.29) is 5.02 Å². The van der Waals surface area contributed by atoms with Crippen LogP contribution in [0.4, 0.5) is 4.39 Å². The molecule has 0 bridgehead atoms. The highest BCUT2D eigenvalue weighted by atomic mass is 35.5. The third-order valence-corrected chi connectivity index (χ3v) is 1.89. The van der Waals surface area contributed by atoms with Crippen molar-refractivity contribution in [1.82, 2.24) is 0 Å². The van der Waals surface area contributed by atoms with Gasteiger partial charge < -0.3 is 5.73 Å². The van der Waals surface area contributed by atoms with E-state index in [0.717, 1.165) is 0 Å². The molecule has 1 rings (SSSR count). The summed E-state index contributed by atoms with van der Waals surface area (Å²) in [6.45, 7) is 0. The van der Waals surface area contributed by atoms with Gasteiger partial charge in [0, 0.05) is 5.56 Å². The Morgan fingerprint density at radius 3 is 2.83 bits per heavy atom. The maximum Gasteiger partial charge on any atom is 0.142 e. The van der Waals surface area contributed by atoms with Crippen LogP contribution in [0.2, 0.25) is 5.02 Å². The first-order valence-corrected chi connectivity index (χ1v) is 3.70. The fourth-order valence-electron chi connectivity index (χ4n) is 0.850. The molecule has 0 aliphatic carbocycles. The zero-order chi connectivity index (χ0) is 9.14. The lowest BCUT2D eigenvalue weighted by Crippen LogP contribution is -2.08. The second-order valence-corrected chi connectivity index (χ2v) is 2.67. The minimum Gasteiger partial charge on any atom is -0.314 e. The van der Waals surface area contributed by atoms with E-state index in [1.165, 1.54) is 12.1 Å². The molecule has 12 heavy (non-hydrogen) atoms. The van der Waals surface area contributed by atoms with Gasteiger partial charge in [-0.15, -0.1) is 6.42 Å². The Morgan fingerprint density at radius 2 is 2.25 bits per heavy atom. The predicted octanol–water partition coefficient (Wildman–Crippen LogP) is 2.11. The zero-order valence-corrected chi connectivity index (χ0v) is 6.98. The van der Waals surface area contributed by atoms with Gasteiger partial charge in [-0.3, -0.25) is 0 Å². The first kappa shape index (κ1) is 9.05. The highest BCUT2D eigenvalue weighted by Crippen LogP contribution is 2.23.